The van der Waals surface area contributed by atoms with E-state index < -0.39 is 0 Å². The molecule has 7 nitrogen and oxygen atoms in total. The highest BCUT2D eigenvalue weighted by Gasteiger charge is 2.14. The zero-order valence-electron chi connectivity index (χ0n) is 13.3. The monoisotopic (exact) mass is 329 g/mol. The summed E-state index contributed by atoms with van der Waals surface area (Å²) in [6.07, 6.45) is 0.500. The highest BCUT2D eigenvalue weighted by atomic mass is 19.1. The number of nitrogens with one attached hydrogen (secondary N) is 1. The Morgan fingerprint density at radius 1 is 1.29 bits per heavy atom. The number of aromatic nitrogens is 4. The summed E-state index contributed by atoms with van der Waals surface area (Å²) in [4.78, 5) is 11.9. The lowest BCUT2D eigenvalue weighted by Crippen LogP contribution is -2.12. The van der Waals surface area contributed by atoms with E-state index in [2.05, 4.69) is 20.6 Å². The van der Waals surface area contributed by atoms with Crippen LogP contribution in [0.15, 0.2) is 34.7 Å². The standard InChI is InChI=1S/C16H16FN5O2/c1-10-9-13(22(2)21-10)16-20-19-15(24-16)8-7-14(23)18-12-5-3-11(17)4-6-12/h3-6,9H,7-8H2,1-2H3,(H,18,23). The second-order valence-electron chi connectivity index (χ2n) is 5.35. The normalized spacial score (nSPS) is 10.8. The lowest BCUT2D eigenvalue weighted by molar-refractivity contribution is -0.116. The fraction of sp³-hybridized carbons (Fsp3) is 0.250. The van der Waals surface area contributed by atoms with Crippen LogP contribution in [0.3, 0.4) is 0 Å². The molecule has 124 valence electrons. The van der Waals surface area contributed by atoms with E-state index in [1.165, 1.54) is 24.3 Å². The Balaban J connectivity index is 1.58. The second kappa shape index (κ2) is 6.61. The minimum Gasteiger partial charge on any atom is -0.419 e. The molecule has 0 radical (unpaired) electrons. The van der Waals surface area contributed by atoms with Gasteiger partial charge in [0.25, 0.3) is 5.89 Å². The molecule has 0 saturated carbocycles. The Morgan fingerprint density at radius 2 is 2.04 bits per heavy atom. The Kier molecular flexibility index (Phi) is 4.37. The summed E-state index contributed by atoms with van der Waals surface area (Å²) < 4.78 is 20.0. The van der Waals surface area contributed by atoms with Crippen molar-refractivity contribution in [2.75, 3.05) is 5.32 Å². The topological polar surface area (TPSA) is 85.8 Å². The quantitative estimate of drug-likeness (QED) is 0.777. The van der Waals surface area contributed by atoms with E-state index in [1.807, 2.05) is 13.0 Å². The Bertz CT molecular complexity index is 854. The van der Waals surface area contributed by atoms with Gasteiger partial charge in [-0.3, -0.25) is 9.48 Å². The molecule has 0 unspecified atom stereocenters. The van der Waals surface area contributed by atoms with Crippen LogP contribution in [0.4, 0.5) is 10.1 Å². The van der Waals surface area contributed by atoms with Gasteiger partial charge in [-0.15, -0.1) is 10.2 Å². The van der Waals surface area contributed by atoms with E-state index in [4.69, 9.17) is 4.42 Å². The highest BCUT2D eigenvalue weighted by molar-refractivity contribution is 5.90. The second-order valence-corrected chi connectivity index (χ2v) is 5.35. The molecule has 0 aliphatic carbocycles. The smallest absolute Gasteiger partial charge is 0.265 e. The van der Waals surface area contributed by atoms with Gasteiger partial charge < -0.3 is 9.73 Å². The molecule has 0 atom stereocenters. The lowest BCUT2D eigenvalue weighted by Gasteiger charge is -2.03. The van der Waals surface area contributed by atoms with Crippen molar-refractivity contribution >= 4 is 11.6 Å². The molecule has 8 heteroatoms. The molecule has 0 aliphatic rings. The van der Waals surface area contributed by atoms with Crippen LogP contribution in [-0.2, 0) is 18.3 Å². The van der Waals surface area contributed by atoms with Gasteiger partial charge >= 0.3 is 0 Å². The predicted octanol–water partition coefficient (Wildman–Crippen LogP) is 2.49. The van der Waals surface area contributed by atoms with Gasteiger partial charge in [0.05, 0.1) is 5.69 Å². The lowest BCUT2D eigenvalue weighted by atomic mass is 10.2. The Morgan fingerprint density at radius 3 is 2.71 bits per heavy atom. The molecular formula is C16H16FN5O2. The number of nitrogens with zero attached hydrogens (tertiary/aromatic N) is 4. The molecule has 1 amide bonds. The molecule has 0 bridgehead atoms. The van der Waals surface area contributed by atoms with Crippen molar-refractivity contribution < 1.29 is 13.6 Å². The van der Waals surface area contributed by atoms with Crippen LogP contribution >= 0.6 is 0 Å². The van der Waals surface area contributed by atoms with Gasteiger partial charge in [-0.25, -0.2) is 4.39 Å². The molecule has 0 spiro atoms. The van der Waals surface area contributed by atoms with E-state index in [-0.39, 0.29) is 18.1 Å². The van der Waals surface area contributed by atoms with E-state index in [1.54, 1.807) is 11.7 Å². The SMILES string of the molecule is Cc1cc(-c2nnc(CCC(=O)Nc3ccc(F)cc3)o2)n(C)n1. The number of halogens is 1. The molecule has 2 heterocycles. The number of benzene rings is 1. The van der Waals surface area contributed by atoms with Gasteiger partial charge in [-0.2, -0.15) is 5.10 Å². The van der Waals surface area contributed by atoms with Crippen LogP contribution in [0.25, 0.3) is 11.6 Å². The van der Waals surface area contributed by atoms with Gasteiger partial charge in [-0.05, 0) is 37.3 Å². The molecule has 0 saturated heterocycles. The molecule has 1 N–H and O–H groups in total. The largest absolute Gasteiger partial charge is 0.419 e. The van der Waals surface area contributed by atoms with E-state index in [0.717, 1.165) is 11.4 Å². The minimum absolute atomic E-state index is 0.184. The van der Waals surface area contributed by atoms with Crippen molar-refractivity contribution in [1.29, 1.82) is 0 Å². The molecule has 0 aliphatic heterocycles. The van der Waals surface area contributed by atoms with Crippen LogP contribution in [0.5, 0.6) is 0 Å². The van der Waals surface area contributed by atoms with Crippen LogP contribution in [0.2, 0.25) is 0 Å². The molecule has 3 aromatic rings. The summed E-state index contributed by atoms with van der Waals surface area (Å²) in [5.74, 6) is 0.180. The maximum absolute atomic E-state index is 12.8. The summed E-state index contributed by atoms with van der Waals surface area (Å²) in [5.41, 5.74) is 2.12. The summed E-state index contributed by atoms with van der Waals surface area (Å²) >= 11 is 0. The Hall–Kier alpha value is -3.03. The summed E-state index contributed by atoms with van der Waals surface area (Å²) in [7, 11) is 1.79. The highest BCUT2D eigenvalue weighted by Crippen LogP contribution is 2.18. The molecule has 1 aromatic carbocycles. The van der Waals surface area contributed by atoms with Gasteiger partial charge in [0.15, 0.2) is 0 Å². The average Bonchev–Trinajstić information content (AvgIpc) is 3.13. The molecular weight excluding hydrogens is 313 g/mol. The number of rotatable bonds is 5. The predicted molar refractivity (Wildman–Crippen MR) is 84.6 cm³/mol. The third-order valence-electron chi connectivity index (χ3n) is 3.38. The van der Waals surface area contributed by atoms with Crippen LogP contribution in [0, 0.1) is 12.7 Å². The minimum atomic E-state index is -0.350. The first-order valence-corrected chi connectivity index (χ1v) is 7.40. The summed E-state index contributed by atoms with van der Waals surface area (Å²) in [5, 5.41) is 14.8. The first-order valence-electron chi connectivity index (χ1n) is 7.40. The van der Waals surface area contributed by atoms with Crippen molar-refractivity contribution in [3.63, 3.8) is 0 Å². The van der Waals surface area contributed by atoms with E-state index >= 15 is 0 Å². The number of aryl methyl sites for hydroxylation is 3. The average molecular weight is 329 g/mol. The summed E-state index contributed by atoms with van der Waals surface area (Å²) in [6, 6.07) is 7.43. The zero-order valence-corrected chi connectivity index (χ0v) is 13.3. The van der Waals surface area contributed by atoms with Gasteiger partial charge in [0, 0.05) is 25.6 Å². The van der Waals surface area contributed by atoms with Crippen LogP contribution in [-0.4, -0.2) is 25.9 Å². The van der Waals surface area contributed by atoms with Crippen molar-refractivity contribution in [3.8, 4) is 11.6 Å². The third-order valence-corrected chi connectivity index (χ3v) is 3.38. The number of carbonyl (C=O) groups is 1. The Labute approximate surface area is 137 Å². The maximum atomic E-state index is 12.8. The maximum Gasteiger partial charge on any atom is 0.265 e. The van der Waals surface area contributed by atoms with Crippen molar-refractivity contribution in [2.24, 2.45) is 7.05 Å². The first kappa shape index (κ1) is 15.9. The molecule has 3 rings (SSSR count). The third kappa shape index (κ3) is 3.65. The van der Waals surface area contributed by atoms with E-state index in [9.17, 15) is 9.18 Å². The summed E-state index contributed by atoms with van der Waals surface area (Å²) in [6.45, 7) is 1.88. The number of carbonyl (C=O) groups excluding carboxylic acids is 1. The number of hydrogen-bond acceptors (Lipinski definition) is 5. The molecule has 2 aromatic heterocycles. The van der Waals surface area contributed by atoms with Gasteiger partial charge in [0.2, 0.25) is 11.8 Å². The molecule has 24 heavy (non-hydrogen) atoms. The van der Waals surface area contributed by atoms with Crippen LogP contribution in [0.1, 0.15) is 18.0 Å². The van der Waals surface area contributed by atoms with Gasteiger partial charge in [0.1, 0.15) is 11.5 Å². The number of amides is 1. The first-order chi connectivity index (χ1) is 11.5. The van der Waals surface area contributed by atoms with Crippen LogP contribution < -0.4 is 5.32 Å². The van der Waals surface area contributed by atoms with Crippen molar-refractivity contribution in [3.05, 3.63) is 47.7 Å². The van der Waals surface area contributed by atoms with Crippen molar-refractivity contribution in [2.45, 2.75) is 19.8 Å². The molecule has 0 fully saturated rings. The van der Waals surface area contributed by atoms with Crippen molar-refractivity contribution in [1.82, 2.24) is 20.0 Å². The van der Waals surface area contributed by atoms with Gasteiger partial charge in [-0.1, -0.05) is 0 Å². The number of anilines is 1. The fourth-order valence-electron chi connectivity index (χ4n) is 2.25. The van der Waals surface area contributed by atoms with E-state index in [0.29, 0.717) is 23.9 Å². The fourth-order valence-corrected chi connectivity index (χ4v) is 2.25. The number of hydrogen-bond donors (Lipinski definition) is 1. The zero-order chi connectivity index (χ0) is 17.1.